The topological polar surface area (TPSA) is 47.7 Å². The standard InChI is InChI=1S/C14H20F2N2O2S/c1-9(8-20-3)18(6-7-19-2)11-5-4-10(14(17)21)12(15)13(11)16/h4-5,9H,6-8H2,1-3H3,(H2,17,21). The van der Waals surface area contributed by atoms with E-state index in [1.807, 2.05) is 6.92 Å². The van der Waals surface area contributed by atoms with Gasteiger partial charge in [0.05, 0.1) is 18.9 Å². The van der Waals surface area contributed by atoms with Crippen molar-refractivity contribution in [2.45, 2.75) is 13.0 Å². The maximum absolute atomic E-state index is 14.3. The molecular formula is C14H20F2N2O2S. The first kappa shape index (κ1) is 17.7. The summed E-state index contributed by atoms with van der Waals surface area (Å²) in [4.78, 5) is 1.51. The zero-order valence-electron chi connectivity index (χ0n) is 12.4. The van der Waals surface area contributed by atoms with Crippen molar-refractivity contribution in [3.63, 3.8) is 0 Å². The fraction of sp³-hybridized carbons (Fsp3) is 0.500. The maximum atomic E-state index is 14.3. The van der Waals surface area contributed by atoms with Crippen LogP contribution in [-0.2, 0) is 9.47 Å². The monoisotopic (exact) mass is 318 g/mol. The summed E-state index contributed by atoms with van der Waals surface area (Å²) in [5, 5.41) is 0. The Balaban J connectivity index is 3.18. The first-order chi connectivity index (χ1) is 9.93. The van der Waals surface area contributed by atoms with Gasteiger partial charge in [0, 0.05) is 32.4 Å². The van der Waals surface area contributed by atoms with Gasteiger partial charge in [0.2, 0.25) is 0 Å². The second-order valence-corrected chi connectivity index (χ2v) is 5.05. The molecule has 21 heavy (non-hydrogen) atoms. The van der Waals surface area contributed by atoms with Gasteiger partial charge in [-0.05, 0) is 19.1 Å². The molecule has 0 radical (unpaired) electrons. The second kappa shape index (κ2) is 8.21. The Bertz CT molecular complexity index is 500. The lowest BCUT2D eigenvalue weighted by Crippen LogP contribution is -2.39. The van der Waals surface area contributed by atoms with Crippen LogP contribution in [0.25, 0.3) is 0 Å². The van der Waals surface area contributed by atoms with Crippen molar-refractivity contribution < 1.29 is 18.3 Å². The molecule has 0 saturated carbocycles. The molecule has 4 nitrogen and oxygen atoms in total. The van der Waals surface area contributed by atoms with E-state index in [2.05, 4.69) is 0 Å². The number of hydrogen-bond donors (Lipinski definition) is 1. The molecule has 1 atom stereocenters. The summed E-state index contributed by atoms with van der Waals surface area (Å²) in [5.74, 6) is -2.01. The Morgan fingerprint density at radius 3 is 2.48 bits per heavy atom. The van der Waals surface area contributed by atoms with Crippen LogP contribution in [0, 0.1) is 11.6 Å². The Kier molecular flexibility index (Phi) is 6.94. The minimum Gasteiger partial charge on any atom is -0.389 e. The molecule has 0 heterocycles. The van der Waals surface area contributed by atoms with E-state index in [0.717, 1.165) is 0 Å². The van der Waals surface area contributed by atoms with Crippen molar-refractivity contribution in [3.05, 3.63) is 29.3 Å². The summed E-state index contributed by atoms with van der Waals surface area (Å²) in [6.45, 7) is 3.02. The van der Waals surface area contributed by atoms with Crippen LogP contribution in [0.3, 0.4) is 0 Å². The van der Waals surface area contributed by atoms with Gasteiger partial charge in [0.15, 0.2) is 11.6 Å². The third-order valence-electron chi connectivity index (χ3n) is 3.11. The van der Waals surface area contributed by atoms with Gasteiger partial charge in [-0.1, -0.05) is 12.2 Å². The molecule has 0 saturated heterocycles. The molecule has 0 aliphatic rings. The Morgan fingerprint density at radius 1 is 1.29 bits per heavy atom. The third kappa shape index (κ3) is 4.33. The zero-order valence-corrected chi connectivity index (χ0v) is 13.2. The van der Waals surface area contributed by atoms with E-state index in [1.54, 1.807) is 19.1 Å². The number of nitrogens with two attached hydrogens (primary N) is 1. The molecule has 118 valence electrons. The predicted molar refractivity (Wildman–Crippen MR) is 82.8 cm³/mol. The second-order valence-electron chi connectivity index (χ2n) is 4.62. The maximum Gasteiger partial charge on any atom is 0.182 e. The average molecular weight is 318 g/mol. The Hall–Kier alpha value is -1.31. The fourth-order valence-corrected chi connectivity index (χ4v) is 2.21. The molecular weight excluding hydrogens is 298 g/mol. The summed E-state index contributed by atoms with van der Waals surface area (Å²) in [6, 6.07) is 2.71. The van der Waals surface area contributed by atoms with Gasteiger partial charge in [-0.25, -0.2) is 8.78 Å². The van der Waals surface area contributed by atoms with E-state index >= 15 is 0 Å². The van der Waals surface area contributed by atoms with Crippen LogP contribution >= 0.6 is 12.2 Å². The van der Waals surface area contributed by atoms with Crippen LogP contribution < -0.4 is 10.6 Å². The summed E-state index contributed by atoms with van der Waals surface area (Å²) in [7, 11) is 3.10. The predicted octanol–water partition coefficient (Wildman–Crippen LogP) is 2.09. The van der Waals surface area contributed by atoms with Crippen molar-refractivity contribution in [2.75, 3.05) is 38.9 Å². The third-order valence-corrected chi connectivity index (χ3v) is 3.33. The van der Waals surface area contributed by atoms with Gasteiger partial charge < -0.3 is 20.1 Å². The van der Waals surface area contributed by atoms with Gasteiger partial charge in [0.1, 0.15) is 4.99 Å². The Morgan fingerprint density at radius 2 is 1.95 bits per heavy atom. The largest absolute Gasteiger partial charge is 0.389 e. The van der Waals surface area contributed by atoms with Crippen molar-refractivity contribution in [1.29, 1.82) is 0 Å². The van der Waals surface area contributed by atoms with Crippen LogP contribution in [-0.4, -0.2) is 45.0 Å². The van der Waals surface area contributed by atoms with Crippen LogP contribution in [0.5, 0.6) is 0 Å². The highest BCUT2D eigenvalue weighted by molar-refractivity contribution is 7.80. The first-order valence-electron chi connectivity index (χ1n) is 6.46. The van der Waals surface area contributed by atoms with Gasteiger partial charge in [-0.2, -0.15) is 0 Å². The molecule has 1 aromatic carbocycles. The lowest BCUT2D eigenvalue weighted by atomic mass is 10.1. The molecule has 0 spiro atoms. The van der Waals surface area contributed by atoms with E-state index in [0.29, 0.717) is 19.8 Å². The van der Waals surface area contributed by atoms with Gasteiger partial charge >= 0.3 is 0 Å². The minimum absolute atomic E-state index is 0.0997. The number of hydrogen-bond acceptors (Lipinski definition) is 4. The molecule has 1 unspecified atom stereocenters. The highest BCUT2D eigenvalue weighted by atomic mass is 32.1. The van der Waals surface area contributed by atoms with E-state index in [9.17, 15) is 8.78 Å². The van der Waals surface area contributed by atoms with Crippen molar-refractivity contribution >= 4 is 22.9 Å². The molecule has 1 aromatic rings. The molecule has 0 aliphatic heterocycles. The SMILES string of the molecule is COCCN(c1ccc(C(N)=S)c(F)c1F)C(C)COC. The van der Waals surface area contributed by atoms with E-state index < -0.39 is 11.6 Å². The number of halogens is 2. The van der Waals surface area contributed by atoms with Crippen molar-refractivity contribution in [2.24, 2.45) is 5.73 Å². The van der Waals surface area contributed by atoms with Crippen LogP contribution in [0.2, 0.25) is 0 Å². The Labute approximate surface area is 128 Å². The highest BCUT2D eigenvalue weighted by Gasteiger charge is 2.22. The molecule has 0 fully saturated rings. The number of methoxy groups -OCH3 is 2. The number of rotatable bonds is 8. The molecule has 1 rings (SSSR count). The van der Waals surface area contributed by atoms with E-state index in [4.69, 9.17) is 27.4 Å². The molecule has 7 heteroatoms. The smallest absolute Gasteiger partial charge is 0.182 e. The van der Waals surface area contributed by atoms with Crippen LogP contribution in [0.4, 0.5) is 14.5 Å². The summed E-state index contributed by atoms with van der Waals surface area (Å²) in [6.07, 6.45) is 0. The zero-order chi connectivity index (χ0) is 16.0. The summed E-state index contributed by atoms with van der Waals surface area (Å²) < 4.78 is 38.4. The molecule has 0 aliphatic carbocycles. The normalized spacial score (nSPS) is 12.2. The fourth-order valence-electron chi connectivity index (χ4n) is 2.05. The summed E-state index contributed by atoms with van der Waals surface area (Å²) in [5.41, 5.74) is 5.40. The van der Waals surface area contributed by atoms with Gasteiger partial charge in [-0.3, -0.25) is 0 Å². The number of thiocarbonyl (C=S) groups is 1. The summed E-state index contributed by atoms with van der Waals surface area (Å²) >= 11 is 4.70. The average Bonchev–Trinajstić information content (AvgIpc) is 2.43. The number of benzene rings is 1. The molecule has 0 amide bonds. The first-order valence-corrected chi connectivity index (χ1v) is 6.87. The van der Waals surface area contributed by atoms with Crippen LogP contribution in [0.1, 0.15) is 12.5 Å². The molecule has 0 bridgehead atoms. The number of anilines is 1. The molecule has 0 aromatic heterocycles. The number of nitrogens with zero attached hydrogens (tertiary/aromatic N) is 1. The number of ether oxygens (including phenoxy) is 2. The quantitative estimate of drug-likeness (QED) is 0.744. The van der Waals surface area contributed by atoms with Crippen molar-refractivity contribution in [3.8, 4) is 0 Å². The molecule has 2 N–H and O–H groups in total. The van der Waals surface area contributed by atoms with E-state index in [1.165, 1.54) is 12.1 Å². The lowest BCUT2D eigenvalue weighted by Gasteiger charge is -2.31. The van der Waals surface area contributed by atoms with Gasteiger partial charge in [0.25, 0.3) is 0 Å². The lowest BCUT2D eigenvalue weighted by molar-refractivity contribution is 0.170. The van der Waals surface area contributed by atoms with Gasteiger partial charge in [-0.15, -0.1) is 0 Å². The minimum atomic E-state index is -1.04. The van der Waals surface area contributed by atoms with E-state index in [-0.39, 0.29) is 22.3 Å². The van der Waals surface area contributed by atoms with Crippen molar-refractivity contribution in [1.82, 2.24) is 0 Å². The highest BCUT2D eigenvalue weighted by Crippen LogP contribution is 2.26. The van der Waals surface area contributed by atoms with Crippen LogP contribution in [0.15, 0.2) is 12.1 Å².